The third-order valence-corrected chi connectivity index (χ3v) is 0.926. The lowest BCUT2D eigenvalue weighted by atomic mass is 10.5. The average Bonchev–Trinajstić information content (AvgIpc) is 1.80. The monoisotopic (exact) mass is 134 g/mol. The maximum atomic E-state index is 10.3. The molecule has 58 valence electrons. The van der Waals surface area contributed by atoms with E-state index in [0.717, 1.165) is 19.6 Å². The quantitative estimate of drug-likeness (QED) is 0.540. The smallest absolute Gasteiger partial charge is 0.216 e. The zero-order valence-electron chi connectivity index (χ0n) is 6.03. The van der Waals surface area contributed by atoms with Gasteiger partial charge in [-0.25, -0.2) is 0 Å². The van der Waals surface area contributed by atoms with Crippen molar-refractivity contribution in [2.75, 3.05) is 19.6 Å². The second-order valence-corrected chi connectivity index (χ2v) is 1.84. The van der Waals surface area contributed by atoms with Crippen molar-refractivity contribution in [2.45, 2.75) is 13.8 Å². The number of hydrogen-bond acceptors (Lipinski definition) is 2. The van der Waals surface area contributed by atoms with Gasteiger partial charge in [0.05, 0.1) is 0 Å². The van der Waals surface area contributed by atoms with E-state index in [1.807, 2.05) is 6.92 Å². The van der Waals surface area contributed by atoms with Crippen LogP contribution in [0.1, 0.15) is 16.7 Å². The van der Waals surface area contributed by atoms with Gasteiger partial charge in [0, 0.05) is 22.9 Å². The van der Waals surface area contributed by atoms with E-state index >= 15 is 0 Å². The summed E-state index contributed by atoms with van der Waals surface area (Å²) in [5, 5.41) is 5.77. The molecule has 3 nitrogen and oxygen atoms in total. The Labute approximate surface area is 58.8 Å². The van der Waals surface area contributed by atoms with Crippen LogP contribution < -0.4 is 10.6 Å². The maximum absolute atomic E-state index is 10.3. The molecule has 0 rings (SSSR count). The molecule has 0 spiro atoms. The lowest BCUT2D eigenvalue weighted by Gasteiger charge is -2.00. The number of nitrogens with one attached hydrogen (secondary N) is 2. The van der Waals surface area contributed by atoms with Crippen molar-refractivity contribution in [2.24, 2.45) is 0 Å². The normalized spacial score (nSPS) is 9.11. The third kappa shape index (κ3) is 7.43. The van der Waals surface area contributed by atoms with Crippen LogP contribution >= 0.6 is 0 Å². The Balaban J connectivity index is -0.000000320. The predicted molar refractivity (Wildman–Crippen MR) is 41.5 cm³/mol. The fourth-order valence-corrected chi connectivity index (χ4v) is 0.504. The summed E-state index contributed by atoms with van der Waals surface area (Å²) in [7, 11) is 0. The zero-order valence-corrected chi connectivity index (χ0v) is 6.03. The first-order valence-electron chi connectivity index (χ1n) is 3.22. The lowest BCUT2D eigenvalue weighted by Crippen LogP contribution is -2.29. The van der Waals surface area contributed by atoms with Gasteiger partial charge in [-0.1, -0.05) is 6.92 Å². The molecule has 0 heterocycles. The van der Waals surface area contributed by atoms with Gasteiger partial charge < -0.3 is 10.6 Å². The molecule has 3 heteroatoms. The molecule has 0 saturated carbocycles. The van der Waals surface area contributed by atoms with E-state index in [2.05, 4.69) is 10.6 Å². The van der Waals surface area contributed by atoms with Crippen molar-refractivity contribution < 1.29 is 7.65 Å². The van der Waals surface area contributed by atoms with Crippen LogP contribution in [0.5, 0.6) is 0 Å². The van der Waals surface area contributed by atoms with Gasteiger partial charge in [-0.2, -0.15) is 0 Å². The van der Waals surface area contributed by atoms with Gasteiger partial charge in [0.25, 0.3) is 0 Å². The Bertz CT molecular complexity index is 90.7. The minimum Gasteiger partial charge on any atom is -0.355 e. The van der Waals surface area contributed by atoms with E-state index in [1.54, 1.807) is 0 Å². The minimum atomic E-state index is 0. The Morgan fingerprint density at radius 1 is 1.56 bits per heavy atom. The third-order valence-electron chi connectivity index (χ3n) is 0.926. The fourth-order valence-electron chi connectivity index (χ4n) is 0.504. The summed E-state index contributed by atoms with van der Waals surface area (Å²) in [4.78, 5) is 10.3. The molecule has 0 aromatic carbocycles. The molecule has 0 atom stereocenters. The van der Waals surface area contributed by atoms with Crippen molar-refractivity contribution in [1.82, 2.24) is 10.6 Å². The summed E-state index contributed by atoms with van der Waals surface area (Å²) in [5.74, 6) is 0.0351. The molecule has 0 unspecified atom stereocenters. The summed E-state index contributed by atoms with van der Waals surface area (Å²) < 4.78 is 0. The lowest BCUT2D eigenvalue weighted by molar-refractivity contribution is -0.118. The minimum absolute atomic E-state index is 0. The van der Waals surface area contributed by atoms with Gasteiger partial charge >= 0.3 is 0 Å². The molecule has 0 aliphatic heterocycles. The maximum Gasteiger partial charge on any atom is 0.216 e. The molecule has 0 bridgehead atoms. The van der Waals surface area contributed by atoms with Crippen molar-refractivity contribution >= 4 is 5.91 Å². The number of likely N-dealkylation sites (N-methyl/N-ethyl adjacent to an activating group) is 1. The molecule has 0 radical (unpaired) electrons. The molecule has 0 saturated heterocycles. The molecular weight excluding hydrogens is 116 g/mol. The van der Waals surface area contributed by atoms with Crippen molar-refractivity contribution in [3.63, 3.8) is 0 Å². The fraction of sp³-hybridized carbons (Fsp3) is 0.833. The topological polar surface area (TPSA) is 41.1 Å². The van der Waals surface area contributed by atoms with E-state index < -0.39 is 0 Å². The standard InChI is InChI=1S/C6H14N2O.2H2/c1-3-7-4-5-8-6(2)9;;/h7H,3-5H2,1-2H3,(H,8,9);2*1H. The molecule has 0 aromatic heterocycles. The van der Waals surface area contributed by atoms with Gasteiger partial charge in [0.1, 0.15) is 0 Å². The Hall–Kier alpha value is -0.570. The number of amides is 1. The predicted octanol–water partition coefficient (Wildman–Crippen LogP) is 0.224. The Morgan fingerprint density at radius 3 is 2.67 bits per heavy atom. The van der Waals surface area contributed by atoms with Crippen LogP contribution in [0.15, 0.2) is 0 Å². The van der Waals surface area contributed by atoms with Gasteiger partial charge in [-0.3, -0.25) is 4.79 Å². The van der Waals surface area contributed by atoms with Crippen LogP contribution in [0.3, 0.4) is 0 Å². The van der Waals surface area contributed by atoms with E-state index in [-0.39, 0.29) is 8.76 Å². The second kappa shape index (κ2) is 5.56. The van der Waals surface area contributed by atoms with Gasteiger partial charge in [-0.15, -0.1) is 0 Å². The number of carbonyl (C=O) groups is 1. The molecule has 0 aromatic rings. The van der Waals surface area contributed by atoms with Crippen LogP contribution in [0.25, 0.3) is 0 Å². The second-order valence-electron chi connectivity index (χ2n) is 1.84. The number of rotatable bonds is 4. The highest BCUT2D eigenvalue weighted by Crippen LogP contribution is 1.59. The average molecular weight is 134 g/mol. The Morgan fingerprint density at radius 2 is 2.22 bits per heavy atom. The van der Waals surface area contributed by atoms with Gasteiger partial charge in [0.15, 0.2) is 0 Å². The van der Waals surface area contributed by atoms with Gasteiger partial charge in [0.2, 0.25) is 5.91 Å². The van der Waals surface area contributed by atoms with Crippen molar-refractivity contribution in [1.29, 1.82) is 0 Å². The SMILES string of the molecule is CCNCCNC(C)=O.[HH].[HH]. The molecule has 2 N–H and O–H groups in total. The number of carbonyl (C=O) groups excluding carboxylic acids is 1. The van der Waals surface area contributed by atoms with Crippen molar-refractivity contribution in [3.8, 4) is 0 Å². The van der Waals surface area contributed by atoms with E-state index in [4.69, 9.17) is 0 Å². The van der Waals surface area contributed by atoms with Crippen molar-refractivity contribution in [3.05, 3.63) is 0 Å². The summed E-state index contributed by atoms with van der Waals surface area (Å²) in [6.07, 6.45) is 0. The first kappa shape index (κ1) is 8.43. The van der Waals surface area contributed by atoms with E-state index in [9.17, 15) is 4.79 Å². The van der Waals surface area contributed by atoms with Crippen LogP contribution in [0, 0.1) is 0 Å². The first-order chi connectivity index (χ1) is 4.27. The number of hydrogen-bond donors (Lipinski definition) is 2. The molecule has 9 heavy (non-hydrogen) atoms. The van der Waals surface area contributed by atoms with E-state index in [0.29, 0.717) is 0 Å². The first-order valence-corrected chi connectivity index (χ1v) is 3.22. The molecule has 1 amide bonds. The molecular formula is C6H18N2O. The molecule has 0 fully saturated rings. The molecule has 0 aliphatic rings. The van der Waals surface area contributed by atoms with Crippen LogP contribution in [0.4, 0.5) is 0 Å². The zero-order chi connectivity index (χ0) is 7.11. The Kier molecular flexibility index (Phi) is 5.21. The van der Waals surface area contributed by atoms with Crippen LogP contribution in [-0.2, 0) is 4.79 Å². The highest BCUT2D eigenvalue weighted by Gasteiger charge is 1.86. The largest absolute Gasteiger partial charge is 0.355 e. The summed E-state index contributed by atoms with van der Waals surface area (Å²) in [6.45, 7) is 6.10. The van der Waals surface area contributed by atoms with Gasteiger partial charge in [-0.05, 0) is 6.54 Å². The summed E-state index contributed by atoms with van der Waals surface area (Å²) >= 11 is 0. The van der Waals surface area contributed by atoms with E-state index in [1.165, 1.54) is 6.92 Å². The highest BCUT2D eigenvalue weighted by molar-refractivity contribution is 5.72. The molecule has 0 aliphatic carbocycles. The summed E-state index contributed by atoms with van der Waals surface area (Å²) in [5.41, 5.74) is 0. The highest BCUT2D eigenvalue weighted by atomic mass is 16.1. The van der Waals surface area contributed by atoms with Crippen LogP contribution in [-0.4, -0.2) is 25.5 Å². The summed E-state index contributed by atoms with van der Waals surface area (Å²) in [6, 6.07) is 0. The van der Waals surface area contributed by atoms with Crippen LogP contribution in [0.2, 0.25) is 0 Å².